The van der Waals surface area contributed by atoms with Gasteiger partial charge in [-0.05, 0) is 28.5 Å². The highest BCUT2D eigenvalue weighted by Crippen LogP contribution is 2.18. The standard InChI is InChI=1S/C22H21N4O4S/c23-22(24)17-7-5-15(6-8-17)11-19(14-27)26-21(28)13-25-31(29,30)20-10-9-16-3-1-2-4-18(16)12-20/h1-10,12,19,25H,11,13H2,(H3,23,24)(H,26,28). The number of carbonyl (C=O) groups is 1. The number of amidine groups is 1. The smallest absolute Gasteiger partial charge is 0.241 e. The van der Waals surface area contributed by atoms with Gasteiger partial charge >= 0.3 is 0 Å². The van der Waals surface area contributed by atoms with Gasteiger partial charge in [0.25, 0.3) is 0 Å². The summed E-state index contributed by atoms with van der Waals surface area (Å²) in [6.07, 6.45) is 1.91. The number of hydrogen-bond donors (Lipinski definition) is 4. The summed E-state index contributed by atoms with van der Waals surface area (Å²) in [7, 11) is -3.90. The van der Waals surface area contributed by atoms with Crippen molar-refractivity contribution < 1.29 is 18.0 Å². The molecule has 0 saturated carbocycles. The van der Waals surface area contributed by atoms with Crippen molar-refractivity contribution >= 4 is 38.8 Å². The van der Waals surface area contributed by atoms with Gasteiger partial charge in [0.1, 0.15) is 5.84 Å². The van der Waals surface area contributed by atoms with Crippen LogP contribution in [0.1, 0.15) is 11.1 Å². The van der Waals surface area contributed by atoms with Gasteiger partial charge in [-0.2, -0.15) is 0 Å². The first kappa shape index (κ1) is 22.1. The Morgan fingerprint density at radius 3 is 2.35 bits per heavy atom. The Labute approximate surface area is 180 Å². The maximum absolute atomic E-state index is 12.5. The lowest BCUT2D eigenvalue weighted by Crippen LogP contribution is -2.43. The number of fused-ring (bicyclic) bond motifs is 1. The topological polar surface area (TPSA) is 142 Å². The van der Waals surface area contributed by atoms with E-state index in [1.54, 1.807) is 42.7 Å². The number of rotatable bonds is 9. The van der Waals surface area contributed by atoms with E-state index >= 15 is 0 Å². The van der Waals surface area contributed by atoms with Crippen LogP contribution in [0.2, 0.25) is 0 Å². The van der Waals surface area contributed by atoms with Gasteiger partial charge in [-0.3, -0.25) is 15.0 Å². The second-order valence-corrected chi connectivity index (χ2v) is 8.65. The first-order valence-electron chi connectivity index (χ1n) is 9.37. The lowest BCUT2D eigenvalue weighted by Gasteiger charge is -2.13. The summed E-state index contributed by atoms with van der Waals surface area (Å²) >= 11 is 0. The van der Waals surface area contributed by atoms with E-state index in [1.165, 1.54) is 12.1 Å². The molecule has 3 aromatic carbocycles. The van der Waals surface area contributed by atoms with Crippen LogP contribution in [0.25, 0.3) is 10.8 Å². The number of amides is 1. The van der Waals surface area contributed by atoms with Crippen molar-refractivity contribution in [1.82, 2.24) is 10.0 Å². The Hall–Kier alpha value is -3.56. The van der Waals surface area contributed by atoms with Crippen LogP contribution in [0.3, 0.4) is 0 Å². The lowest BCUT2D eigenvalue weighted by molar-refractivity contribution is -0.120. The fourth-order valence-electron chi connectivity index (χ4n) is 3.00. The molecule has 8 nitrogen and oxygen atoms in total. The van der Waals surface area contributed by atoms with Crippen LogP contribution in [0.15, 0.2) is 71.6 Å². The third-order valence-corrected chi connectivity index (χ3v) is 6.04. The monoisotopic (exact) mass is 437 g/mol. The zero-order valence-electron chi connectivity index (χ0n) is 16.5. The molecule has 0 fully saturated rings. The third-order valence-electron chi connectivity index (χ3n) is 4.64. The highest BCUT2D eigenvalue weighted by atomic mass is 32.2. The molecule has 1 radical (unpaired) electrons. The number of nitrogen functional groups attached to an aromatic ring is 1. The molecule has 9 heteroatoms. The Morgan fingerprint density at radius 2 is 1.71 bits per heavy atom. The molecule has 3 rings (SSSR count). The summed E-state index contributed by atoms with van der Waals surface area (Å²) in [5.41, 5.74) is 6.68. The van der Waals surface area contributed by atoms with Crippen molar-refractivity contribution in [3.8, 4) is 0 Å². The van der Waals surface area contributed by atoms with Crippen molar-refractivity contribution in [2.75, 3.05) is 6.54 Å². The number of nitrogens with one attached hydrogen (secondary N) is 3. The Morgan fingerprint density at radius 1 is 1.03 bits per heavy atom. The molecular formula is C22H21N4O4S. The normalized spacial score (nSPS) is 12.3. The fourth-order valence-corrected chi connectivity index (χ4v) is 4.02. The lowest BCUT2D eigenvalue weighted by atomic mass is 10.0. The van der Waals surface area contributed by atoms with Gasteiger partial charge < -0.3 is 11.1 Å². The van der Waals surface area contributed by atoms with Crippen LogP contribution in [0.4, 0.5) is 0 Å². The summed E-state index contributed by atoms with van der Waals surface area (Å²) < 4.78 is 27.3. The Balaban J connectivity index is 1.59. The van der Waals surface area contributed by atoms with Gasteiger partial charge in [0.15, 0.2) is 0 Å². The van der Waals surface area contributed by atoms with Crippen LogP contribution < -0.4 is 15.8 Å². The molecule has 159 valence electrons. The van der Waals surface area contributed by atoms with Gasteiger partial charge in [-0.15, -0.1) is 0 Å². The predicted octanol–water partition coefficient (Wildman–Crippen LogP) is 1.24. The van der Waals surface area contributed by atoms with Gasteiger partial charge in [0.05, 0.1) is 17.5 Å². The van der Waals surface area contributed by atoms with Crippen LogP contribution in [-0.2, 0) is 26.0 Å². The molecule has 0 saturated heterocycles. The summed E-state index contributed by atoms with van der Waals surface area (Å²) in [4.78, 5) is 23.5. The first-order chi connectivity index (χ1) is 14.8. The van der Waals surface area contributed by atoms with E-state index in [0.29, 0.717) is 5.56 Å². The van der Waals surface area contributed by atoms with Crippen molar-refractivity contribution in [3.63, 3.8) is 0 Å². The average Bonchev–Trinajstić information content (AvgIpc) is 2.77. The second kappa shape index (κ2) is 9.50. The van der Waals surface area contributed by atoms with E-state index in [2.05, 4.69) is 10.0 Å². The molecule has 0 aromatic heterocycles. The van der Waals surface area contributed by atoms with Crippen LogP contribution in [-0.4, -0.2) is 39.0 Å². The molecule has 1 unspecified atom stereocenters. The minimum Gasteiger partial charge on any atom is -0.384 e. The quantitative estimate of drug-likeness (QED) is 0.294. The van der Waals surface area contributed by atoms with E-state index in [4.69, 9.17) is 11.1 Å². The predicted molar refractivity (Wildman–Crippen MR) is 118 cm³/mol. The summed E-state index contributed by atoms with van der Waals surface area (Å²) in [6.45, 7) is -0.517. The molecule has 0 spiro atoms. The molecule has 31 heavy (non-hydrogen) atoms. The number of hydrogen-bond acceptors (Lipinski definition) is 5. The minimum atomic E-state index is -3.90. The van der Waals surface area contributed by atoms with Gasteiger partial charge in [-0.1, -0.05) is 54.6 Å². The summed E-state index contributed by atoms with van der Waals surface area (Å²) in [5.74, 6) is -0.727. The molecule has 0 bridgehead atoms. The minimum absolute atomic E-state index is 0.0445. The number of sulfonamides is 1. The Bertz CT molecular complexity index is 1220. The van der Waals surface area contributed by atoms with Crippen LogP contribution in [0.5, 0.6) is 0 Å². The largest absolute Gasteiger partial charge is 0.384 e. The van der Waals surface area contributed by atoms with E-state index in [9.17, 15) is 18.0 Å². The molecule has 1 atom stereocenters. The van der Waals surface area contributed by atoms with Crippen LogP contribution in [0, 0.1) is 5.41 Å². The number of nitrogens with two attached hydrogens (primary N) is 1. The third kappa shape index (κ3) is 5.74. The summed E-state index contributed by atoms with van der Waals surface area (Å²) in [6, 6.07) is 17.7. The van der Waals surface area contributed by atoms with Crippen molar-refractivity contribution in [1.29, 1.82) is 5.41 Å². The van der Waals surface area contributed by atoms with Crippen LogP contribution >= 0.6 is 0 Å². The molecule has 0 aliphatic heterocycles. The maximum Gasteiger partial charge on any atom is 0.241 e. The molecule has 3 aromatic rings. The molecule has 0 aliphatic carbocycles. The van der Waals surface area contributed by atoms with Gasteiger partial charge in [-0.25, -0.2) is 13.1 Å². The van der Waals surface area contributed by atoms with Gasteiger partial charge in [0.2, 0.25) is 22.2 Å². The number of carbonyl (C=O) groups excluding carboxylic acids is 2. The summed E-state index contributed by atoms with van der Waals surface area (Å²) in [5, 5.41) is 11.5. The zero-order valence-corrected chi connectivity index (χ0v) is 17.3. The van der Waals surface area contributed by atoms with Crippen molar-refractivity contribution in [3.05, 3.63) is 77.9 Å². The molecular weight excluding hydrogens is 416 g/mol. The molecule has 0 heterocycles. The SMILES string of the molecule is N=C(N)c1ccc(CC([C]=O)NC(=O)CNS(=O)(=O)c2ccc3ccccc3c2)cc1. The molecule has 5 N–H and O–H groups in total. The molecule has 0 aliphatic rings. The van der Waals surface area contributed by atoms with Gasteiger partial charge in [0, 0.05) is 12.0 Å². The van der Waals surface area contributed by atoms with E-state index in [-0.39, 0.29) is 17.2 Å². The highest BCUT2D eigenvalue weighted by Gasteiger charge is 2.18. The highest BCUT2D eigenvalue weighted by molar-refractivity contribution is 7.89. The maximum atomic E-state index is 12.5. The van der Waals surface area contributed by atoms with E-state index in [0.717, 1.165) is 16.3 Å². The fraction of sp³-hybridized carbons (Fsp3) is 0.136. The number of benzene rings is 3. The van der Waals surface area contributed by atoms with E-state index < -0.39 is 28.5 Å². The first-order valence-corrected chi connectivity index (χ1v) is 10.9. The zero-order chi connectivity index (χ0) is 22.4. The molecule has 1 amide bonds. The van der Waals surface area contributed by atoms with Crippen molar-refractivity contribution in [2.45, 2.75) is 17.4 Å². The average molecular weight is 438 g/mol. The van der Waals surface area contributed by atoms with Crippen molar-refractivity contribution in [2.24, 2.45) is 5.73 Å². The van der Waals surface area contributed by atoms with E-state index in [1.807, 2.05) is 18.2 Å². The second-order valence-electron chi connectivity index (χ2n) is 6.89. The Kier molecular flexibility index (Phi) is 6.78.